The summed E-state index contributed by atoms with van der Waals surface area (Å²) in [6.45, 7) is 4.46. The van der Waals surface area contributed by atoms with Gasteiger partial charge >= 0.3 is 0 Å². The highest BCUT2D eigenvalue weighted by Gasteiger charge is 2.30. The summed E-state index contributed by atoms with van der Waals surface area (Å²) in [7, 11) is 1.72. The molecule has 2 aliphatic rings. The van der Waals surface area contributed by atoms with Crippen molar-refractivity contribution in [3.8, 4) is 5.75 Å². The summed E-state index contributed by atoms with van der Waals surface area (Å²) in [5, 5.41) is 0. The van der Waals surface area contributed by atoms with Crippen LogP contribution >= 0.6 is 0 Å². The number of benzene rings is 2. The van der Waals surface area contributed by atoms with E-state index in [1.807, 2.05) is 17.0 Å². The number of hydrogen-bond acceptors (Lipinski definition) is 3. The Bertz CT molecular complexity index is 846. The Labute approximate surface area is 165 Å². The molecule has 0 bridgehead atoms. The van der Waals surface area contributed by atoms with Gasteiger partial charge in [-0.15, -0.1) is 0 Å². The molecule has 0 N–H and O–H groups in total. The summed E-state index contributed by atoms with van der Waals surface area (Å²) in [4.78, 5) is 16.9. The quantitative estimate of drug-likeness (QED) is 0.763. The van der Waals surface area contributed by atoms with Crippen LogP contribution in [-0.4, -0.2) is 49.0 Å². The topological polar surface area (TPSA) is 32.8 Å². The fourth-order valence-electron chi connectivity index (χ4n) is 4.39. The molecule has 2 aromatic rings. The number of nitrogens with zero attached hydrogens (tertiary/aromatic N) is 2. The van der Waals surface area contributed by atoms with E-state index in [9.17, 15) is 9.18 Å². The smallest absolute Gasteiger partial charge is 0.254 e. The Morgan fingerprint density at radius 1 is 1.14 bits per heavy atom. The normalized spacial score (nSPS) is 17.8. The molecule has 0 unspecified atom stereocenters. The second-order valence-corrected chi connectivity index (χ2v) is 7.83. The minimum absolute atomic E-state index is 0.0496. The van der Waals surface area contributed by atoms with Crippen LogP contribution in [0.1, 0.15) is 34.3 Å². The van der Waals surface area contributed by atoms with Crippen molar-refractivity contribution in [1.29, 1.82) is 0 Å². The molecule has 1 saturated heterocycles. The first-order valence-electron chi connectivity index (χ1n) is 10.1. The van der Waals surface area contributed by atoms with Gasteiger partial charge in [-0.3, -0.25) is 4.79 Å². The number of methoxy groups -OCH3 is 1. The Kier molecular flexibility index (Phi) is 5.62. The third-order valence-corrected chi connectivity index (χ3v) is 6.02. The molecule has 1 amide bonds. The highest BCUT2D eigenvalue weighted by molar-refractivity contribution is 5.98. The first-order chi connectivity index (χ1) is 13.6. The van der Waals surface area contributed by atoms with Gasteiger partial charge in [0.15, 0.2) is 0 Å². The summed E-state index contributed by atoms with van der Waals surface area (Å²) >= 11 is 0. The molecule has 148 valence electrons. The number of para-hydroxylation sites is 1. The van der Waals surface area contributed by atoms with Crippen molar-refractivity contribution >= 4 is 5.91 Å². The summed E-state index contributed by atoms with van der Waals surface area (Å²) in [5.74, 6) is 1.26. The third-order valence-electron chi connectivity index (χ3n) is 6.02. The van der Waals surface area contributed by atoms with Gasteiger partial charge in [0.25, 0.3) is 5.91 Å². The number of carbonyl (C=O) groups is 1. The van der Waals surface area contributed by atoms with Crippen molar-refractivity contribution in [2.75, 3.05) is 33.3 Å². The van der Waals surface area contributed by atoms with Crippen molar-refractivity contribution in [3.05, 3.63) is 65.0 Å². The summed E-state index contributed by atoms with van der Waals surface area (Å²) in [6, 6.07) is 12.7. The van der Waals surface area contributed by atoms with Crippen molar-refractivity contribution in [2.24, 2.45) is 5.92 Å². The number of hydrogen-bond donors (Lipinski definition) is 0. The van der Waals surface area contributed by atoms with E-state index in [4.69, 9.17) is 4.74 Å². The molecule has 2 aliphatic heterocycles. The number of piperidine rings is 1. The Balaban J connectivity index is 1.25. The molecular weight excluding hydrogens is 355 g/mol. The van der Waals surface area contributed by atoms with Crippen molar-refractivity contribution < 1.29 is 13.9 Å². The molecule has 5 heteroatoms. The van der Waals surface area contributed by atoms with Crippen LogP contribution in [0.25, 0.3) is 0 Å². The number of ether oxygens (including phenoxy) is 1. The van der Waals surface area contributed by atoms with Crippen LogP contribution < -0.4 is 4.74 Å². The fraction of sp³-hybridized carbons (Fsp3) is 0.435. The van der Waals surface area contributed by atoms with E-state index in [0.29, 0.717) is 18.0 Å². The zero-order chi connectivity index (χ0) is 19.5. The average molecular weight is 382 g/mol. The van der Waals surface area contributed by atoms with E-state index in [0.717, 1.165) is 56.8 Å². The molecule has 2 aromatic carbocycles. The molecule has 2 heterocycles. The highest BCUT2D eigenvalue weighted by atomic mass is 19.1. The number of carbonyl (C=O) groups excluding carboxylic acids is 1. The summed E-state index contributed by atoms with van der Waals surface area (Å²) < 4.78 is 18.9. The van der Waals surface area contributed by atoms with Crippen molar-refractivity contribution in [1.82, 2.24) is 9.80 Å². The zero-order valence-corrected chi connectivity index (χ0v) is 16.4. The lowest BCUT2D eigenvalue weighted by Crippen LogP contribution is -2.39. The molecule has 28 heavy (non-hydrogen) atoms. The summed E-state index contributed by atoms with van der Waals surface area (Å²) in [5.41, 5.74) is 2.73. The van der Waals surface area contributed by atoms with Gasteiger partial charge in [-0.2, -0.15) is 0 Å². The highest BCUT2D eigenvalue weighted by Crippen LogP contribution is 2.27. The predicted molar refractivity (Wildman–Crippen MR) is 107 cm³/mol. The molecule has 4 nitrogen and oxygen atoms in total. The van der Waals surface area contributed by atoms with Crippen LogP contribution in [0.2, 0.25) is 0 Å². The van der Waals surface area contributed by atoms with E-state index in [1.165, 1.54) is 17.7 Å². The summed E-state index contributed by atoms with van der Waals surface area (Å²) in [6.07, 6.45) is 3.18. The van der Waals surface area contributed by atoms with Crippen LogP contribution in [0, 0.1) is 11.7 Å². The maximum absolute atomic E-state index is 13.4. The van der Waals surface area contributed by atoms with E-state index < -0.39 is 0 Å². The van der Waals surface area contributed by atoms with Crippen molar-refractivity contribution in [3.63, 3.8) is 0 Å². The van der Waals surface area contributed by atoms with Gasteiger partial charge < -0.3 is 14.5 Å². The van der Waals surface area contributed by atoms with Crippen LogP contribution in [0.15, 0.2) is 42.5 Å². The van der Waals surface area contributed by atoms with Crippen LogP contribution in [0.4, 0.5) is 4.39 Å². The first kappa shape index (κ1) is 18.9. The van der Waals surface area contributed by atoms with E-state index in [1.54, 1.807) is 13.2 Å². The van der Waals surface area contributed by atoms with Crippen LogP contribution in [-0.2, 0) is 13.0 Å². The molecular formula is C23H27FN2O2. The Hall–Kier alpha value is -2.40. The molecule has 1 fully saturated rings. The molecule has 0 saturated carbocycles. The van der Waals surface area contributed by atoms with Gasteiger partial charge in [0.05, 0.1) is 7.11 Å². The second-order valence-electron chi connectivity index (χ2n) is 7.83. The number of amides is 1. The second kappa shape index (κ2) is 8.31. The first-order valence-corrected chi connectivity index (χ1v) is 10.1. The molecule has 4 rings (SSSR count). The predicted octanol–water partition coefficient (Wildman–Crippen LogP) is 3.74. The van der Waals surface area contributed by atoms with E-state index in [2.05, 4.69) is 17.0 Å². The lowest BCUT2D eigenvalue weighted by Gasteiger charge is -2.34. The molecule has 0 radical (unpaired) electrons. The fourth-order valence-corrected chi connectivity index (χ4v) is 4.39. The maximum Gasteiger partial charge on any atom is 0.254 e. The van der Waals surface area contributed by atoms with Gasteiger partial charge in [0.1, 0.15) is 11.6 Å². The van der Waals surface area contributed by atoms with E-state index in [-0.39, 0.29) is 11.7 Å². The molecule has 0 aliphatic carbocycles. The minimum atomic E-state index is -0.267. The van der Waals surface area contributed by atoms with Crippen LogP contribution in [0.3, 0.4) is 0 Å². The number of halogens is 1. The SMILES string of the molecule is COc1ccccc1CCN1CCC(CN2Cc3cc(F)ccc3C2=O)CC1. The third kappa shape index (κ3) is 4.04. The van der Waals surface area contributed by atoms with Crippen molar-refractivity contribution in [2.45, 2.75) is 25.8 Å². The van der Waals surface area contributed by atoms with Gasteiger partial charge in [-0.25, -0.2) is 4.39 Å². The standard InChI is InChI=1S/C23H27FN2O2/c1-28-22-5-3-2-4-18(22)10-13-25-11-8-17(9-12-25)15-26-16-19-14-20(24)6-7-21(19)23(26)27/h2-7,14,17H,8-13,15-16H2,1H3. The Morgan fingerprint density at radius 3 is 2.71 bits per heavy atom. The lowest BCUT2D eigenvalue weighted by atomic mass is 9.96. The molecule has 0 atom stereocenters. The molecule has 0 aromatic heterocycles. The monoisotopic (exact) mass is 382 g/mol. The minimum Gasteiger partial charge on any atom is -0.496 e. The molecule has 0 spiro atoms. The van der Waals surface area contributed by atoms with Gasteiger partial charge in [0, 0.05) is 25.2 Å². The van der Waals surface area contributed by atoms with Gasteiger partial charge in [-0.05, 0) is 73.7 Å². The lowest BCUT2D eigenvalue weighted by molar-refractivity contribution is 0.0714. The maximum atomic E-state index is 13.4. The zero-order valence-electron chi connectivity index (χ0n) is 16.4. The number of fused-ring (bicyclic) bond motifs is 1. The largest absolute Gasteiger partial charge is 0.496 e. The van der Waals surface area contributed by atoms with E-state index >= 15 is 0 Å². The Morgan fingerprint density at radius 2 is 1.93 bits per heavy atom. The van der Waals surface area contributed by atoms with Gasteiger partial charge in [-0.1, -0.05) is 18.2 Å². The number of likely N-dealkylation sites (tertiary alicyclic amines) is 1. The number of rotatable bonds is 6. The van der Waals surface area contributed by atoms with Crippen LogP contribution in [0.5, 0.6) is 5.75 Å². The average Bonchev–Trinajstić information content (AvgIpc) is 3.02. The van der Waals surface area contributed by atoms with Gasteiger partial charge in [0.2, 0.25) is 0 Å².